The summed E-state index contributed by atoms with van der Waals surface area (Å²) in [4.78, 5) is 20.0. The molecular formula is C14H20N2O3S. The van der Waals surface area contributed by atoms with Gasteiger partial charge >= 0.3 is 5.97 Å². The molecule has 1 aromatic heterocycles. The number of aliphatic carboxylic acids is 1. The fraction of sp³-hybridized carbons (Fsp3) is 0.643. The molecule has 0 spiro atoms. The van der Waals surface area contributed by atoms with Gasteiger partial charge in [-0.2, -0.15) is 11.8 Å². The molecule has 2 rings (SSSR count). The molecular weight excluding hydrogens is 276 g/mol. The minimum atomic E-state index is -0.792. The third kappa shape index (κ3) is 3.49. The maximum atomic E-state index is 11.0. The van der Waals surface area contributed by atoms with Gasteiger partial charge in [0.1, 0.15) is 6.10 Å². The Labute approximate surface area is 123 Å². The fourth-order valence-electron chi connectivity index (χ4n) is 2.24. The summed E-state index contributed by atoms with van der Waals surface area (Å²) in [6, 6.07) is 0. The Morgan fingerprint density at radius 2 is 2.10 bits per heavy atom. The molecule has 0 aliphatic carbocycles. The van der Waals surface area contributed by atoms with Crippen molar-refractivity contribution in [3.05, 3.63) is 22.8 Å². The van der Waals surface area contributed by atoms with Crippen LogP contribution >= 0.6 is 11.8 Å². The van der Waals surface area contributed by atoms with Crippen molar-refractivity contribution in [2.24, 2.45) is 5.92 Å². The molecule has 6 heteroatoms. The van der Waals surface area contributed by atoms with Crippen molar-refractivity contribution in [2.45, 2.75) is 33.3 Å². The lowest BCUT2D eigenvalue weighted by Crippen LogP contribution is -2.20. The first-order valence-corrected chi connectivity index (χ1v) is 7.90. The van der Waals surface area contributed by atoms with Crippen molar-refractivity contribution in [1.29, 1.82) is 0 Å². The first-order valence-electron chi connectivity index (χ1n) is 6.75. The van der Waals surface area contributed by atoms with E-state index in [0.717, 1.165) is 40.9 Å². The van der Waals surface area contributed by atoms with Gasteiger partial charge in [-0.25, -0.2) is 9.97 Å². The standard InChI is InChI=1S/C14H20N2O3S/c1-8(14(17)18)6-11-9(2)15-13(16-10(11)3)12-7-20-5-4-19-12/h8,12H,4-7H2,1-3H3,(H,17,18). The highest BCUT2D eigenvalue weighted by Gasteiger charge is 2.22. The van der Waals surface area contributed by atoms with Crippen molar-refractivity contribution in [3.8, 4) is 0 Å². The molecule has 0 amide bonds. The molecule has 0 bridgehead atoms. The summed E-state index contributed by atoms with van der Waals surface area (Å²) in [5.74, 6) is 1.40. The van der Waals surface area contributed by atoms with Gasteiger partial charge < -0.3 is 9.84 Å². The van der Waals surface area contributed by atoms with Crippen LogP contribution in [0.15, 0.2) is 0 Å². The van der Waals surface area contributed by atoms with E-state index in [1.165, 1.54) is 0 Å². The van der Waals surface area contributed by atoms with Crippen molar-refractivity contribution in [3.63, 3.8) is 0 Å². The third-order valence-electron chi connectivity index (χ3n) is 3.47. The van der Waals surface area contributed by atoms with E-state index in [0.29, 0.717) is 6.42 Å². The van der Waals surface area contributed by atoms with Crippen molar-refractivity contribution in [1.82, 2.24) is 9.97 Å². The van der Waals surface area contributed by atoms with Crippen LogP contribution in [0.5, 0.6) is 0 Å². The fourth-order valence-corrected chi connectivity index (χ4v) is 3.08. The van der Waals surface area contributed by atoms with Crippen LogP contribution in [0, 0.1) is 19.8 Å². The highest BCUT2D eigenvalue weighted by atomic mass is 32.2. The number of carboxylic acid groups (broad SMARTS) is 1. The van der Waals surface area contributed by atoms with E-state index in [2.05, 4.69) is 9.97 Å². The number of thioether (sulfide) groups is 1. The second-order valence-electron chi connectivity index (χ2n) is 5.11. The molecule has 20 heavy (non-hydrogen) atoms. The molecule has 0 radical (unpaired) electrons. The Kier molecular flexibility index (Phi) is 4.99. The van der Waals surface area contributed by atoms with E-state index in [1.54, 1.807) is 6.92 Å². The Morgan fingerprint density at radius 1 is 1.45 bits per heavy atom. The van der Waals surface area contributed by atoms with Crippen LogP contribution in [0.4, 0.5) is 0 Å². The van der Waals surface area contributed by atoms with E-state index in [9.17, 15) is 4.79 Å². The van der Waals surface area contributed by atoms with Crippen LogP contribution < -0.4 is 0 Å². The Hall–Kier alpha value is -1.14. The predicted octanol–water partition coefficient (Wildman–Crippen LogP) is 2.16. The van der Waals surface area contributed by atoms with Gasteiger partial charge in [-0.05, 0) is 25.8 Å². The van der Waals surface area contributed by atoms with Crippen LogP contribution in [0.3, 0.4) is 0 Å². The van der Waals surface area contributed by atoms with E-state index < -0.39 is 11.9 Å². The predicted molar refractivity (Wildman–Crippen MR) is 78.0 cm³/mol. The first kappa shape index (κ1) is 15.3. The molecule has 1 N–H and O–H groups in total. The zero-order chi connectivity index (χ0) is 14.7. The van der Waals surface area contributed by atoms with E-state index in [4.69, 9.17) is 9.84 Å². The molecule has 0 saturated carbocycles. The maximum absolute atomic E-state index is 11.0. The topological polar surface area (TPSA) is 72.3 Å². The number of aryl methyl sites for hydroxylation is 2. The molecule has 2 atom stereocenters. The number of aromatic nitrogens is 2. The van der Waals surface area contributed by atoms with E-state index in [1.807, 2.05) is 25.6 Å². The molecule has 110 valence electrons. The lowest BCUT2D eigenvalue weighted by Gasteiger charge is -2.22. The molecule has 1 aliphatic heterocycles. The van der Waals surface area contributed by atoms with Crippen molar-refractivity contribution in [2.75, 3.05) is 18.1 Å². The largest absolute Gasteiger partial charge is 0.481 e. The number of nitrogens with zero attached hydrogens (tertiary/aromatic N) is 2. The van der Waals surface area contributed by atoms with Gasteiger partial charge in [0.25, 0.3) is 0 Å². The van der Waals surface area contributed by atoms with Crippen LogP contribution in [0.25, 0.3) is 0 Å². The normalized spacial score (nSPS) is 20.6. The Bertz CT molecular complexity index is 478. The summed E-state index contributed by atoms with van der Waals surface area (Å²) in [5, 5.41) is 9.02. The molecule has 2 unspecified atom stereocenters. The second kappa shape index (κ2) is 6.54. The minimum Gasteiger partial charge on any atom is -0.481 e. The zero-order valence-electron chi connectivity index (χ0n) is 12.0. The van der Waals surface area contributed by atoms with Crippen LogP contribution in [-0.2, 0) is 16.0 Å². The molecule has 1 fully saturated rings. The van der Waals surface area contributed by atoms with Gasteiger partial charge in [0.2, 0.25) is 0 Å². The van der Waals surface area contributed by atoms with Crippen LogP contribution in [0.2, 0.25) is 0 Å². The number of ether oxygens (including phenoxy) is 1. The summed E-state index contributed by atoms with van der Waals surface area (Å²) in [6.07, 6.45) is 0.421. The molecule has 1 aliphatic rings. The van der Waals surface area contributed by atoms with Gasteiger partial charge in [-0.15, -0.1) is 0 Å². The van der Waals surface area contributed by atoms with Gasteiger partial charge in [0, 0.05) is 22.9 Å². The maximum Gasteiger partial charge on any atom is 0.306 e. The quantitative estimate of drug-likeness (QED) is 0.918. The lowest BCUT2D eigenvalue weighted by atomic mass is 9.99. The lowest BCUT2D eigenvalue weighted by molar-refractivity contribution is -0.141. The SMILES string of the molecule is Cc1nc(C2CSCCO2)nc(C)c1CC(C)C(=O)O. The van der Waals surface area contributed by atoms with Crippen molar-refractivity contribution < 1.29 is 14.6 Å². The number of hydrogen-bond donors (Lipinski definition) is 1. The molecule has 1 saturated heterocycles. The van der Waals surface area contributed by atoms with Crippen LogP contribution in [0.1, 0.15) is 35.8 Å². The van der Waals surface area contributed by atoms with Crippen LogP contribution in [-0.4, -0.2) is 39.2 Å². The monoisotopic (exact) mass is 296 g/mol. The second-order valence-corrected chi connectivity index (χ2v) is 6.26. The van der Waals surface area contributed by atoms with E-state index in [-0.39, 0.29) is 6.10 Å². The smallest absolute Gasteiger partial charge is 0.306 e. The summed E-state index contributed by atoms with van der Waals surface area (Å²) >= 11 is 1.85. The zero-order valence-corrected chi connectivity index (χ0v) is 12.9. The third-order valence-corrected chi connectivity index (χ3v) is 4.47. The van der Waals surface area contributed by atoms with Gasteiger partial charge in [0.05, 0.1) is 12.5 Å². The molecule has 5 nitrogen and oxygen atoms in total. The number of carboxylic acids is 1. The van der Waals surface area contributed by atoms with E-state index >= 15 is 0 Å². The summed E-state index contributed by atoms with van der Waals surface area (Å²) in [7, 11) is 0. The highest BCUT2D eigenvalue weighted by Crippen LogP contribution is 2.26. The molecule has 0 aromatic carbocycles. The Balaban J connectivity index is 2.21. The summed E-state index contributed by atoms with van der Waals surface area (Å²) < 4.78 is 5.69. The highest BCUT2D eigenvalue weighted by molar-refractivity contribution is 7.99. The summed E-state index contributed by atoms with van der Waals surface area (Å²) in [5.41, 5.74) is 2.66. The molecule has 1 aromatic rings. The van der Waals surface area contributed by atoms with Gasteiger partial charge in [-0.1, -0.05) is 6.92 Å². The minimum absolute atomic E-state index is 0.0444. The summed E-state index contributed by atoms with van der Waals surface area (Å²) in [6.45, 7) is 6.26. The number of rotatable bonds is 4. The Morgan fingerprint density at radius 3 is 2.60 bits per heavy atom. The van der Waals surface area contributed by atoms with Crippen molar-refractivity contribution >= 4 is 17.7 Å². The van der Waals surface area contributed by atoms with Gasteiger partial charge in [-0.3, -0.25) is 4.79 Å². The van der Waals surface area contributed by atoms with Gasteiger partial charge in [0.15, 0.2) is 5.82 Å². The number of hydrogen-bond acceptors (Lipinski definition) is 5. The average Bonchev–Trinajstić information content (AvgIpc) is 2.43. The average molecular weight is 296 g/mol. The molecule has 2 heterocycles. The number of carbonyl (C=O) groups is 1. The first-order chi connectivity index (χ1) is 9.49.